The van der Waals surface area contributed by atoms with Crippen molar-refractivity contribution < 1.29 is 0 Å². The molecule has 0 aliphatic rings. The molecule has 0 spiro atoms. The van der Waals surface area contributed by atoms with E-state index < -0.39 is 0 Å². The fourth-order valence-electron chi connectivity index (χ4n) is 1.94. The van der Waals surface area contributed by atoms with Crippen molar-refractivity contribution in [2.75, 3.05) is 11.4 Å². The van der Waals surface area contributed by atoms with E-state index >= 15 is 0 Å². The van der Waals surface area contributed by atoms with E-state index in [0.29, 0.717) is 11.4 Å². The van der Waals surface area contributed by atoms with Crippen molar-refractivity contribution in [3.05, 3.63) is 54.4 Å². The summed E-state index contributed by atoms with van der Waals surface area (Å²) in [5.74, 6) is 0. The highest BCUT2D eigenvalue weighted by Crippen LogP contribution is 2.25. The molecule has 1 heterocycles. The van der Waals surface area contributed by atoms with Crippen LogP contribution < -0.4 is 10.6 Å². The molecule has 0 amide bonds. The smallest absolute Gasteiger partial charge is 0.0745 e. The first kappa shape index (κ1) is 13.5. The van der Waals surface area contributed by atoms with Gasteiger partial charge < -0.3 is 10.6 Å². The van der Waals surface area contributed by atoms with Gasteiger partial charge in [0.05, 0.1) is 4.99 Å². The number of aromatic nitrogens is 1. The number of rotatable bonds is 5. The molecule has 2 N–H and O–H groups in total. The number of nitrogens with two attached hydrogens (primary N) is 1. The number of hydrogen-bond acceptors (Lipinski definition) is 3. The van der Waals surface area contributed by atoms with Crippen LogP contribution in [0, 0.1) is 6.92 Å². The Kier molecular flexibility index (Phi) is 4.47. The Bertz CT molecular complexity index is 554. The van der Waals surface area contributed by atoms with Crippen LogP contribution in [0.15, 0.2) is 48.7 Å². The van der Waals surface area contributed by atoms with Crippen molar-refractivity contribution in [2.24, 2.45) is 5.73 Å². The molecule has 0 bridgehead atoms. The van der Waals surface area contributed by atoms with Crippen molar-refractivity contribution in [1.29, 1.82) is 0 Å². The van der Waals surface area contributed by atoms with E-state index in [1.807, 2.05) is 37.4 Å². The monoisotopic (exact) mass is 271 g/mol. The highest BCUT2D eigenvalue weighted by atomic mass is 32.1. The molecule has 0 fully saturated rings. The third kappa shape index (κ3) is 3.76. The maximum atomic E-state index is 5.62. The maximum absolute atomic E-state index is 5.62. The largest absolute Gasteiger partial charge is 0.393 e. The summed E-state index contributed by atoms with van der Waals surface area (Å²) in [6, 6.07) is 14.3. The molecule has 0 aliphatic heterocycles. The van der Waals surface area contributed by atoms with Crippen LogP contribution in [-0.4, -0.2) is 16.5 Å². The Morgan fingerprint density at radius 3 is 2.58 bits per heavy atom. The van der Waals surface area contributed by atoms with Crippen molar-refractivity contribution in [3.63, 3.8) is 0 Å². The molecule has 2 aromatic rings. The summed E-state index contributed by atoms with van der Waals surface area (Å²) in [4.78, 5) is 6.97. The van der Waals surface area contributed by atoms with E-state index in [-0.39, 0.29) is 0 Å². The number of para-hydroxylation sites is 1. The molecule has 0 saturated heterocycles. The number of hydrogen-bond donors (Lipinski definition) is 1. The molecule has 0 aliphatic carbocycles. The summed E-state index contributed by atoms with van der Waals surface area (Å²) in [6.07, 6.45) is 2.51. The van der Waals surface area contributed by atoms with Gasteiger partial charge in [0.25, 0.3) is 0 Å². The number of aryl methyl sites for hydroxylation is 1. The zero-order valence-electron chi connectivity index (χ0n) is 10.9. The second-order valence-corrected chi connectivity index (χ2v) is 4.88. The SMILES string of the molecule is Cc1cc(N(CCC(N)=S)c2ccccc2)ccn1. The first-order valence-electron chi connectivity index (χ1n) is 6.20. The van der Waals surface area contributed by atoms with Crippen LogP contribution in [0.5, 0.6) is 0 Å². The molecule has 0 radical (unpaired) electrons. The molecular formula is C15H17N3S. The van der Waals surface area contributed by atoms with Gasteiger partial charge in [-0.05, 0) is 31.2 Å². The van der Waals surface area contributed by atoms with Gasteiger partial charge in [-0.2, -0.15) is 0 Å². The van der Waals surface area contributed by atoms with Crippen molar-refractivity contribution in [3.8, 4) is 0 Å². The van der Waals surface area contributed by atoms with Gasteiger partial charge in [0.2, 0.25) is 0 Å². The van der Waals surface area contributed by atoms with Gasteiger partial charge in [-0.1, -0.05) is 30.4 Å². The van der Waals surface area contributed by atoms with Crippen LogP contribution in [0.3, 0.4) is 0 Å². The van der Waals surface area contributed by atoms with Gasteiger partial charge >= 0.3 is 0 Å². The highest BCUT2D eigenvalue weighted by Gasteiger charge is 2.09. The minimum Gasteiger partial charge on any atom is -0.393 e. The lowest BCUT2D eigenvalue weighted by Gasteiger charge is -2.25. The van der Waals surface area contributed by atoms with E-state index in [1.165, 1.54) is 0 Å². The summed E-state index contributed by atoms with van der Waals surface area (Å²) in [5, 5.41) is 0. The quantitative estimate of drug-likeness (QED) is 0.848. The predicted octanol–water partition coefficient (Wildman–Crippen LogP) is 3.20. The lowest BCUT2D eigenvalue weighted by Crippen LogP contribution is -2.23. The summed E-state index contributed by atoms with van der Waals surface area (Å²) in [6.45, 7) is 2.75. The number of benzene rings is 1. The average molecular weight is 271 g/mol. The van der Waals surface area contributed by atoms with Gasteiger partial charge in [-0.25, -0.2) is 0 Å². The minimum atomic E-state index is 0.534. The summed E-state index contributed by atoms with van der Waals surface area (Å²) in [5.41, 5.74) is 8.85. The standard InChI is InChI=1S/C15H17N3S/c1-12-11-14(7-9-17-12)18(10-8-15(16)19)13-5-3-2-4-6-13/h2-7,9,11H,8,10H2,1H3,(H2,16,19). The molecule has 1 aromatic carbocycles. The Morgan fingerprint density at radius 2 is 1.95 bits per heavy atom. The molecule has 1 aromatic heterocycles. The molecule has 19 heavy (non-hydrogen) atoms. The molecule has 3 nitrogen and oxygen atoms in total. The maximum Gasteiger partial charge on any atom is 0.0745 e. The zero-order chi connectivity index (χ0) is 13.7. The van der Waals surface area contributed by atoms with E-state index in [0.717, 1.165) is 23.6 Å². The Balaban J connectivity index is 2.31. The van der Waals surface area contributed by atoms with Crippen molar-refractivity contribution in [1.82, 2.24) is 4.98 Å². The molecule has 0 unspecified atom stereocenters. The lowest BCUT2D eigenvalue weighted by molar-refractivity contribution is 0.962. The van der Waals surface area contributed by atoms with Crippen molar-refractivity contribution >= 4 is 28.6 Å². The van der Waals surface area contributed by atoms with E-state index in [4.69, 9.17) is 18.0 Å². The minimum absolute atomic E-state index is 0.534. The fraction of sp³-hybridized carbons (Fsp3) is 0.200. The van der Waals surface area contributed by atoms with E-state index in [9.17, 15) is 0 Å². The first-order chi connectivity index (χ1) is 9.16. The second-order valence-electron chi connectivity index (χ2n) is 4.36. The van der Waals surface area contributed by atoms with Gasteiger partial charge in [0, 0.05) is 36.2 Å². The van der Waals surface area contributed by atoms with Gasteiger partial charge in [0.15, 0.2) is 0 Å². The Labute approximate surface area is 119 Å². The highest BCUT2D eigenvalue weighted by molar-refractivity contribution is 7.80. The summed E-state index contributed by atoms with van der Waals surface area (Å²) < 4.78 is 0. The van der Waals surface area contributed by atoms with Crippen LogP contribution in [0.2, 0.25) is 0 Å². The van der Waals surface area contributed by atoms with Crippen molar-refractivity contribution in [2.45, 2.75) is 13.3 Å². The number of pyridine rings is 1. The average Bonchev–Trinajstić information content (AvgIpc) is 2.40. The van der Waals surface area contributed by atoms with Crippen LogP contribution in [0.4, 0.5) is 11.4 Å². The second kappa shape index (κ2) is 6.29. The Morgan fingerprint density at radius 1 is 1.21 bits per heavy atom. The molecular weight excluding hydrogens is 254 g/mol. The number of anilines is 2. The topological polar surface area (TPSA) is 42.1 Å². The Hall–Kier alpha value is -1.94. The number of thiocarbonyl (C=S) groups is 1. The first-order valence-corrected chi connectivity index (χ1v) is 6.61. The fourth-order valence-corrected chi connectivity index (χ4v) is 2.03. The predicted molar refractivity (Wildman–Crippen MR) is 83.8 cm³/mol. The zero-order valence-corrected chi connectivity index (χ0v) is 11.7. The van der Waals surface area contributed by atoms with Gasteiger partial charge in [-0.15, -0.1) is 0 Å². The molecule has 0 atom stereocenters. The van der Waals surface area contributed by atoms with Crippen LogP contribution in [-0.2, 0) is 0 Å². The third-order valence-electron chi connectivity index (χ3n) is 2.84. The van der Waals surface area contributed by atoms with Crippen LogP contribution in [0.1, 0.15) is 12.1 Å². The van der Waals surface area contributed by atoms with E-state index in [1.54, 1.807) is 0 Å². The van der Waals surface area contributed by atoms with Crippen LogP contribution >= 0.6 is 12.2 Å². The number of nitrogens with zero attached hydrogens (tertiary/aromatic N) is 2. The van der Waals surface area contributed by atoms with E-state index in [2.05, 4.69) is 28.1 Å². The third-order valence-corrected chi connectivity index (χ3v) is 3.05. The molecule has 4 heteroatoms. The lowest BCUT2D eigenvalue weighted by atomic mass is 10.2. The molecule has 2 rings (SSSR count). The van der Waals surface area contributed by atoms with Gasteiger partial charge in [-0.3, -0.25) is 4.98 Å². The molecule has 0 saturated carbocycles. The normalized spacial score (nSPS) is 10.2. The molecule has 98 valence electrons. The van der Waals surface area contributed by atoms with Crippen LogP contribution in [0.25, 0.3) is 0 Å². The summed E-state index contributed by atoms with van der Waals surface area (Å²) >= 11 is 4.98. The summed E-state index contributed by atoms with van der Waals surface area (Å²) in [7, 11) is 0. The van der Waals surface area contributed by atoms with Gasteiger partial charge in [0.1, 0.15) is 0 Å².